The fourth-order valence-corrected chi connectivity index (χ4v) is 8.81. The van der Waals surface area contributed by atoms with Gasteiger partial charge in [-0.2, -0.15) is 0 Å². The summed E-state index contributed by atoms with van der Waals surface area (Å²) >= 11 is 0. The van der Waals surface area contributed by atoms with Gasteiger partial charge < -0.3 is 4.57 Å². The van der Waals surface area contributed by atoms with Crippen LogP contribution >= 0.6 is 0 Å². The summed E-state index contributed by atoms with van der Waals surface area (Å²) < 4.78 is 2.62. The van der Waals surface area contributed by atoms with Crippen LogP contribution in [0, 0.1) is 6.92 Å². The molecule has 0 spiro atoms. The maximum Gasteiger partial charge on any atom is 0.0566 e. The van der Waals surface area contributed by atoms with E-state index in [9.17, 15) is 0 Å². The van der Waals surface area contributed by atoms with Crippen LogP contribution in [0.5, 0.6) is 0 Å². The molecule has 8 rings (SSSR count). The van der Waals surface area contributed by atoms with Crippen LogP contribution in [0.3, 0.4) is 0 Å². The Morgan fingerprint density at radius 3 is 2.40 bits per heavy atom. The predicted molar refractivity (Wildman–Crippen MR) is 183 cm³/mol. The SMILES string of the molecule is CCC1=C(C2=C(C)c3cc(-c4cccc(C)c4-n4c5c(c6ccccc64)CCCC5)ccc3C2)C(C)(C)c2ccccc21. The van der Waals surface area contributed by atoms with Crippen LogP contribution in [-0.4, -0.2) is 4.57 Å². The zero-order valence-electron chi connectivity index (χ0n) is 26.3. The van der Waals surface area contributed by atoms with E-state index >= 15 is 0 Å². The molecule has 0 saturated heterocycles. The number of aryl methyl sites for hydroxylation is 2. The monoisotopic (exact) mass is 559 g/mol. The summed E-state index contributed by atoms with van der Waals surface area (Å²) in [5.41, 5.74) is 21.7. The van der Waals surface area contributed by atoms with E-state index < -0.39 is 0 Å². The molecule has 0 amide bonds. The van der Waals surface area contributed by atoms with E-state index in [1.807, 2.05) is 0 Å². The third-order valence-corrected chi connectivity index (χ3v) is 10.8. The number of hydrogen-bond acceptors (Lipinski definition) is 0. The highest BCUT2D eigenvalue weighted by atomic mass is 15.0. The second-order valence-corrected chi connectivity index (χ2v) is 13.5. The van der Waals surface area contributed by atoms with Crippen molar-refractivity contribution in [2.75, 3.05) is 0 Å². The Kier molecular flexibility index (Phi) is 5.99. The predicted octanol–water partition coefficient (Wildman–Crippen LogP) is 11.0. The third-order valence-electron chi connectivity index (χ3n) is 10.8. The summed E-state index contributed by atoms with van der Waals surface area (Å²) in [6, 6.07) is 32.3. The Bertz CT molecular complexity index is 2020. The molecule has 1 heteroatoms. The van der Waals surface area contributed by atoms with Crippen LogP contribution in [0.25, 0.3) is 38.9 Å². The standard InChI is InChI=1S/C42H41N/c1-6-30-32-15-7-10-19-37(32)42(4,5)40(30)36-25-29-23-22-28(24-35(29)27(36)3)31-18-13-14-26(2)41(31)43-38-20-11-8-16-33(38)34-17-9-12-21-39(34)43/h7-8,10-11,13-16,18-20,22-24H,6,9,12,17,21,25H2,1-5H3. The number of fused-ring (bicyclic) bond motifs is 5. The molecule has 0 fully saturated rings. The molecule has 0 aliphatic heterocycles. The first-order chi connectivity index (χ1) is 20.9. The molecule has 3 aliphatic carbocycles. The first kappa shape index (κ1) is 26.5. The van der Waals surface area contributed by atoms with Crippen LogP contribution in [0.4, 0.5) is 0 Å². The van der Waals surface area contributed by atoms with Crippen molar-refractivity contribution >= 4 is 22.0 Å². The summed E-state index contributed by atoms with van der Waals surface area (Å²) in [6.45, 7) is 11.8. The molecule has 0 N–H and O–H groups in total. The first-order valence-corrected chi connectivity index (χ1v) is 16.3. The maximum absolute atomic E-state index is 2.62. The molecular formula is C42H41N. The molecule has 0 saturated carbocycles. The average molecular weight is 560 g/mol. The van der Waals surface area contributed by atoms with Crippen molar-refractivity contribution in [2.24, 2.45) is 0 Å². The Balaban J connectivity index is 1.30. The van der Waals surface area contributed by atoms with Crippen LogP contribution in [0.1, 0.15) is 86.0 Å². The van der Waals surface area contributed by atoms with E-state index in [4.69, 9.17) is 0 Å². The van der Waals surface area contributed by atoms with Crippen LogP contribution in [-0.2, 0) is 24.7 Å². The Hall–Kier alpha value is -4.10. The smallest absolute Gasteiger partial charge is 0.0566 e. The minimum atomic E-state index is 0.0156. The van der Waals surface area contributed by atoms with E-state index in [0.717, 1.165) is 19.3 Å². The van der Waals surface area contributed by atoms with Gasteiger partial charge >= 0.3 is 0 Å². The van der Waals surface area contributed by atoms with Gasteiger partial charge in [0, 0.05) is 22.1 Å². The van der Waals surface area contributed by atoms with E-state index in [1.165, 1.54) is 91.6 Å². The van der Waals surface area contributed by atoms with Gasteiger partial charge in [0.05, 0.1) is 11.2 Å². The Morgan fingerprint density at radius 1 is 0.767 bits per heavy atom. The van der Waals surface area contributed by atoms with Crippen molar-refractivity contribution in [1.82, 2.24) is 4.57 Å². The Morgan fingerprint density at radius 2 is 1.53 bits per heavy atom. The minimum Gasteiger partial charge on any atom is -0.312 e. The van der Waals surface area contributed by atoms with Crippen LogP contribution in [0.15, 0.2) is 96.1 Å². The number of benzene rings is 4. The molecule has 3 aliphatic rings. The fourth-order valence-electron chi connectivity index (χ4n) is 8.81. The molecular weight excluding hydrogens is 518 g/mol. The molecule has 5 aromatic rings. The number of rotatable bonds is 4. The zero-order valence-corrected chi connectivity index (χ0v) is 26.3. The molecule has 0 radical (unpaired) electrons. The second-order valence-electron chi connectivity index (χ2n) is 13.5. The van der Waals surface area contributed by atoms with Gasteiger partial charge in [-0.25, -0.2) is 0 Å². The Labute approximate surface area is 256 Å². The molecule has 0 atom stereocenters. The van der Waals surface area contributed by atoms with Gasteiger partial charge in [0.1, 0.15) is 0 Å². The van der Waals surface area contributed by atoms with Crippen molar-refractivity contribution in [3.05, 3.63) is 135 Å². The van der Waals surface area contributed by atoms with Crippen molar-refractivity contribution < 1.29 is 0 Å². The summed E-state index contributed by atoms with van der Waals surface area (Å²) in [5, 5.41) is 1.43. The lowest BCUT2D eigenvalue weighted by atomic mass is 9.76. The molecule has 1 aromatic heterocycles. The van der Waals surface area contributed by atoms with Crippen LogP contribution < -0.4 is 0 Å². The number of aromatic nitrogens is 1. The zero-order chi connectivity index (χ0) is 29.5. The largest absolute Gasteiger partial charge is 0.312 e. The molecule has 0 bridgehead atoms. The summed E-state index contributed by atoms with van der Waals surface area (Å²) in [5.74, 6) is 0. The number of nitrogens with zero attached hydrogens (tertiary/aromatic N) is 1. The summed E-state index contributed by atoms with van der Waals surface area (Å²) in [6.07, 6.45) is 6.99. The molecule has 1 heterocycles. The highest BCUT2D eigenvalue weighted by Gasteiger charge is 2.40. The third kappa shape index (κ3) is 3.77. The number of para-hydroxylation sites is 2. The van der Waals surface area contributed by atoms with Gasteiger partial charge in [-0.3, -0.25) is 0 Å². The van der Waals surface area contributed by atoms with Gasteiger partial charge in [-0.1, -0.05) is 93.6 Å². The summed E-state index contributed by atoms with van der Waals surface area (Å²) in [4.78, 5) is 0. The lowest BCUT2D eigenvalue weighted by molar-refractivity contribution is 0.642. The second kappa shape index (κ2) is 9.71. The van der Waals surface area contributed by atoms with Crippen molar-refractivity contribution in [1.29, 1.82) is 0 Å². The van der Waals surface area contributed by atoms with Crippen molar-refractivity contribution in [3.8, 4) is 16.8 Å². The normalized spacial score (nSPS) is 17.0. The van der Waals surface area contributed by atoms with E-state index in [-0.39, 0.29) is 5.41 Å². The van der Waals surface area contributed by atoms with Crippen molar-refractivity contribution in [2.45, 2.75) is 78.6 Å². The fraction of sp³-hybridized carbons (Fsp3) is 0.286. The van der Waals surface area contributed by atoms with E-state index in [1.54, 1.807) is 16.7 Å². The topological polar surface area (TPSA) is 4.93 Å². The first-order valence-electron chi connectivity index (χ1n) is 16.3. The highest BCUT2D eigenvalue weighted by molar-refractivity contribution is 5.93. The molecule has 0 unspecified atom stereocenters. The maximum atomic E-state index is 2.62. The lowest BCUT2D eigenvalue weighted by Gasteiger charge is -2.27. The molecule has 214 valence electrons. The molecule has 43 heavy (non-hydrogen) atoms. The van der Waals surface area contributed by atoms with Gasteiger partial charge in [-0.15, -0.1) is 0 Å². The van der Waals surface area contributed by atoms with Crippen molar-refractivity contribution in [3.63, 3.8) is 0 Å². The van der Waals surface area contributed by atoms with Gasteiger partial charge in [-0.05, 0) is 126 Å². The van der Waals surface area contributed by atoms with Crippen LogP contribution in [0.2, 0.25) is 0 Å². The quantitative estimate of drug-likeness (QED) is 0.206. The summed E-state index contributed by atoms with van der Waals surface area (Å²) in [7, 11) is 0. The van der Waals surface area contributed by atoms with E-state index in [2.05, 4.69) is 124 Å². The molecule has 1 nitrogen and oxygen atoms in total. The molecule has 4 aromatic carbocycles. The number of hydrogen-bond donors (Lipinski definition) is 0. The van der Waals surface area contributed by atoms with E-state index in [0.29, 0.717) is 0 Å². The highest BCUT2D eigenvalue weighted by Crippen LogP contribution is 2.54. The minimum absolute atomic E-state index is 0.0156. The van der Waals surface area contributed by atoms with Gasteiger partial charge in [0.15, 0.2) is 0 Å². The average Bonchev–Trinajstić information content (AvgIpc) is 3.61. The lowest BCUT2D eigenvalue weighted by Crippen LogP contribution is -2.19. The number of allylic oxidation sites excluding steroid dienone is 4. The van der Waals surface area contributed by atoms with Gasteiger partial charge in [0.25, 0.3) is 0 Å². The van der Waals surface area contributed by atoms with Gasteiger partial charge in [0.2, 0.25) is 0 Å².